The summed E-state index contributed by atoms with van der Waals surface area (Å²) in [7, 11) is 3.11. The van der Waals surface area contributed by atoms with Gasteiger partial charge in [0.05, 0.1) is 25.5 Å². The average molecular weight is 356 g/mol. The number of oxime groups is 1. The summed E-state index contributed by atoms with van der Waals surface area (Å²) in [5, 5.41) is 6.83. The van der Waals surface area contributed by atoms with E-state index in [0.717, 1.165) is 16.5 Å². The molecule has 0 radical (unpaired) electrons. The number of fused-ring (bicyclic) bond motifs is 1. The van der Waals surface area contributed by atoms with Crippen molar-refractivity contribution >= 4 is 28.6 Å². The Kier molecular flexibility index (Phi) is 5.41. The Morgan fingerprint density at radius 3 is 2.60 bits per heavy atom. The Morgan fingerprint density at radius 1 is 1.00 bits per heavy atom. The van der Waals surface area contributed by atoms with Crippen molar-refractivity contribution in [3.05, 3.63) is 70.7 Å². The molecule has 4 nitrogen and oxygen atoms in total. The number of hydrogen-bond donors (Lipinski definition) is 0. The van der Waals surface area contributed by atoms with Gasteiger partial charge in [0.2, 0.25) is 0 Å². The van der Waals surface area contributed by atoms with Crippen LogP contribution in [-0.4, -0.2) is 20.4 Å². The van der Waals surface area contributed by atoms with Crippen LogP contribution in [0.4, 0.5) is 0 Å². The van der Waals surface area contributed by atoms with Gasteiger partial charge in [-0.15, -0.1) is 0 Å². The highest BCUT2D eigenvalue weighted by Gasteiger charge is 2.10. The maximum Gasteiger partial charge on any atom is 0.179 e. The van der Waals surface area contributed by atoms with Crippen LogP contribution in [0, 0.1) is 0 Å². The van der Waals surface area contributed by atoms with Crippen molar-refractivity contribution in [3.63, 3.8) is 0 Å². The highest BCUT2D eigenvalue weighted by molar-refractivity contribution is 6.32. The van der Waals surface area contributed by atoms with Crippen LogP contribution < -0.4 is 9.47 Å². The lowest BCUT2D eigenvalue weighted by Gasteiger charge is -2.10. The third-order valence-electron chi connectivity index (χ3n) is 3.83. The lowest BCUT2D eigenvalue weighted by atomic mass is 10.1. The van der Waals surface area contributed by atoms with E-state index >= 15 is 0 Å². The molecule has 5 heteroatoms. The number of benzene rings is 3. The molecule has 0 spiro atoms. The molecular weight excluding hydrogens is 338 g/mol. The molecule has 3 aromatic rings. The van der Waals surface area contributed by atoms with Crippen molar-refractivity contribution in [1.82, 2.24) is 0 Å². The Bertz CT molecular complexity index is 903. The van der Waals surface area contributed by atoms with Crippen molar-refractivity contribution in [1.29, 1.82) is 0 Å². The predicted octanol–water partition coefficient (Wildman–Crippen LogP) is 5.06. The fourth-order valence-corrected chi connectivity index (χ4v) is 2.93. The summed E-state index contributed by atoms with van der Waals surface area (Å²) in [6, 6.07) is 17.8. The lowest BCUT2D eigenvalue weighted by Crippen LogP contribution is -1.94. The second kappa shape index (κ2) is 7.90. The largest absolute Gasteiger partial charge is 0.493 e. The molecule has 0 saturated carbocycles. The number of nitrogens with zero attached hydrogens (tertiary/aromatic N) is 1. The summed E-state index contributed by atoms with van der Waals surface area (Å²) in [5.41, 5.74) is 1.85. The van der Waals surface area contributed by atoms with Gasteiger partial charge in [-0.2, -0.15) is 0 Å². The molecule has 0 aromatic heterocycles. The molecule has 3 aromatic carbocycles. The van der Waals surface area contributed by atoms with E-state index in [1.54, 1.807) is 32.6 Å². The van der Waals surface area contributed by atoms with Crippen LogP contribution in [0.3, 0.4) is 0 Å². The van der Waals surface area contributed by atoms with Crippen LogP contribution in [0.15, 0.2) is 59.8 Å². The molecule has 0 aliphatic rings. The molecule has 128 valence electrons. The molecule has 0 heterocycles. The van der Waals surface area contributed by atoms with Crippen molar-refractivity contribution in [2.45, 2.75) is 6.61 Å². The van der Waals surface area contributed by atoms with Gasteiger partial charge >= 0.3 is 0 Å². The van der Waals surface area contributed by atoms with E-state index in [4.69, 9.17) is 25.9 Å². The molecule has 0 atom stereocenters. The van der Waals surface area contributed by atoms with Gasteiger partial charge in [-0.25, -0.2) is 0 Å². The fourth-order valence-electron chi connectivity index (χ4n) is 2.64. The molecule has 0 amide bonds. The van der Waals surface area contributed by atoms with Gasteiger partial charge in [-0.3, -0.25) is 0 Å². The van der Waals surface area contributed by atoms with E-state index in [1.807, 2.05) is 24.3 Å². The molecule has 0 fully saturated rings. The minimum atomic E-state index is 0.388. The highest BCUT2D eigenvalue weighted by Crippen LogP contribution is 2.35. The summed E-state index contributed by atoms with van der Waals surface area (Å²) in [4.78, 5) is 5.46. The molecule has 0 N–H and O–H groups in total. The Labute approximate surface area is 151 Å². The summed E-state index contributed by atoms with van der Waals surface area (Å²) >= 11 is 6.18. The average Bonchev–Trinajstić information content (AvgIpc) is 2.64. The van der Waals surface area contributed by atoms with E-state index < -0.39 is 0 Å². The molecule has 0 aliphatic heterocycles. The first-order valence-corrected chi connectivity index (χ1v) is 8.14. The smallest absolute Gasteiger partial charge is 0.179 e. The van der Waals surface area contributed by atoms with E-state index in [2.05, 4.69) is 23.4 Å². The van der Waals surface area contributed by atoms with Gasteiger partial charge in [0.1, 0.15) is 6.61 Å². The second-order valence-electron chi connectivity index (χ2n) is 5.38. The van der Waals surface area contributed by atoms with Gasteiger partial charge in [0, 0.05) is 5.56 Å². The number of ether oxygens (including phenoxy) is 2. The lowest BCUT2D eigenvalue weighted by molar-refractivity contribution is 0.133. The van der Waals surface area contributed by atoms with Gasteiger partial charge in [0.25, 0.3) is 0 Å². The molecule has 0 saturated heterocycles. The standard InChI is InChI=1S/C20H18ClNO3/c1-23-19-11-14(10-18(21)20(19)24-2)12-22-25-13-16-8-5-7-15-6-3-4-9-17(15)16/h3-12H,13H2,1-2H3/b22-12-. The van der Waals surface area contributed by atoms with Crippen LogP contribution >= 0.6 is 11.6 Å². The monoisotopic (exact) mass is 355 g/mol. The van der Waals surface area contributed by atoms with Crippen molar-refractivity contribution in [2.75, 3.05) is 14.2 Å². The van der Waals surface area contributed by atoms with E-state index in [1.165, 1.54) is 5.39 Å². The first kappa shape index (κ1) is 17.1. The molecule has 0 unspecified atom stereocenters. The number of methoxy groups -OCH3 is 2. The van der Waals surface area contributed by atoms with Gasteiger partial charge in [-0.1, -0.05) is 59.2 Å². The summed E-state index contributed by atoms with van der Waals surface area (Å²) in [5.74, 6) is 1.04. The first-order valence-electron chi connectivity index (χ1n) is 7.76. The second-order valence-corrected chi connectivity index (χ2v) is 5.79. The van der Waals surface area contributed by atoms with Crippen LogP contribution in [0.25, 0.3) is 10.8 Å². The number of rotatable bonds is 6. The molecule has 3 rings (SSSR count). The van der Waals surface area contributed by atoms with Crippen LogP contribution in [0.2, 0.25) is 5.02 Å². The van der Waals surface area contributed by atoms with Crippen LogP contribution in [-0.2, 0) is 11.4 Å². The summed E-state index contributed by atoms with van der Waals surface area (Å²) in [6.45, 7) is 0.388. The zero-order chi connectivity index (χ0) is 17.6. The van der Waals surface area contributed by atoms with Gasteiger partial charge in [-0.05, 0) is 28.5 Å². The third kappa shape index (κ3) is 3.86. The zero-order valence-electron chi connectivity index (χ0n) is 14.0. The van der Waals surface area contributed by atoms with E-state index in [9.17, 15) is 0 Å². The van der Waals surface area contributed by atoms with E-state index in [0.29, 0.717) is 23.1 Å². The normalized spacial score (nSPS) is 11.0. The molecule has 0 bridgehead atoms. The molecular formula is C20H18ClNO3. The molecule has 25 heavy (non-hydrogen) atoms. The maximum atomic E-state index is 6.18. The summed E-state index contributed by atoms with van der Waals surface area (Å²) < 4.78 is 10.5. The maximum absolute atomic E-state index is 6.18. The minimum absolute atomic E-state index is 0.388. The minimum Gasteiger partial charge on any atom is -0.493 e. The number of hydrogen-bond acceptors (Lipinski definition) is 4. The quantitative estimate of drug-likeness (QED) is 0.458. The Morgan fingerprint density at radius 2 is 1.80 bits per heavy atom. The summed E-state index contributed by atoms with van der Waals surface area (Å²) in [6.07, 6.45) is 1.60. The highest BCUT2D eigenvalue weighted by atomic mass is 35.5. The zero-order valence-corrected chi connectivity index (χ0v) is 14.8. The van der Waals surface area contributed by atoms with Gasteiger partial charge < -0.3 is 14.3 Å². The third-order valence-corrected chi connectivity index (χ3v) is 4.11. The Hall–Kier alpha value is -2.72. The van der Waals surface area contributed by atoms with Crippen molar-refractivity contribution in [2.24, 2.45) is 5.16 Å². The number of halogens is 1. The fraction of sp³-hybridized carbons (Fsp3) is 0.150. The van der Waals surface area contributed by atoms with Crippen LogP contribution in [0.1, 0.15) is 11.1 Å². The molecule has 0 aliphatic carbocycles. The van der Waals surface area contributed by atoms with Crippen molar-refractivity contribution in [3.8, 4) is 11.5 Å². The Balaban J connectivity index is 1.72. The SMILES string of the molecule is COc1cc(/C=N\OCc2cccc3ccccc23)cc(Cl)c1OC. The van der Waals surface area contributed by atoms with Crippen molar-refractivity contribution < 1.29 is 14.3 Å². The van der Waals surface area contributed by atoms with Gasteiger partial charge in [0.15, 0.2) is 11.5 Å². The topological polar surface area (TPSA) is 40.0 Å². The predicted molar refractivity (Wildman–Crippen MR) is 101 cm³/mol. The van der Waals surface area contributed by atoms with Crippen LogP contribution in [0.5, 0.6) is 11.5 Å². The van der Waals surface area contributed by atoms with E-state index in [-0.39, 0.29) is 0 Å². The first-order chi connectivity index (χ1) is 12.2.